The van der Waals surface area contributed by atoms with Crippen molar-refractivity contribution in [2.75, 3.05) is 13.2 Å². The Morgan fingerprint density at radius 3 is 2.50 bits per heavy atom. The highest BCUT2D eigenvalue weighted by Gasteiger charge is 2.30. The molecule has 0 spiro atoms. The summed E-state index contributed by atoms with van der Waals surface area (Å²) in [6.45, 7) is 0.351. The first kappa shape index (κ1) is 21.6. The predicted octanol–water partition coefficient (Wildman–Crippen LogP) is 5.10. The molecule has 0 aliphatic carbocycles. The van der Waals surface area contributed by atoms with Crippen LogP contribution in [-0.4, -0.2) is 28.7 Å². The number of nitrogens with zero attached hydrogens (tertiary/aromatic N) is 1. The summed E-state index contributed by atoms with van der Waals surface area (Å²) in [7, 11) is 0. The minimum atomic E-state index is -4.38. The number of benzene rings is 3. The van der Waals surface area contributed by atoms with Crippen LogP contribution < -0.4 is 5.32 Å². The second-order valence-electron chi connectivity index (χ2n) is 7.48. The fourth-order valence-corrected chi connectivity index (χ4v) is 3.66. The number of aromatic nitrogens is 1. The molecule has 3 aromatic carbocycles. The smallest absolute Gasteiger partial charge is 0.395 e. The summed E-state index contributed by atoms with van der Waals surface area (Å²) in [6, 6.07) is 20.3. The van der Waals surface area contributed by atoms with E-state index in [1.54, 1.807) is 24.3 Å². The third-order valence-electron chi connectivity index (χ3n) is 5.24. The SMILES string of the molecule is O=C(NCCO)c1cccc(-c2ccc3ccn(Cc4cccc(C(F)(F)F)c4)c3c2)c1. The molecule has 0 atom stereocenters. The maximum atomic E-state index is 13.1. The quantitative estimate of drug-likeness (QED) is 0.440. The maximum absolute atomic E-state index is 13.1. The number of rotatable bonds is 6. The third kappa shape index (κ3) is 4.68. The van der Waals surface area contributed by atoms with Crippen LogP contribution in [0.25, 0.3) is 22.0 Å². The third-order valence-corrected chi connectivity index (χ3v) is 5.24. The largest absolute Gasteiger partial charge is 0.416 e. The van der Waals surface area contributed by atoms with Gasteiger partial charge in [0.05, 0.1) is 12.2 Å². The number of amides is 1. The molecule has 0 aliphatic rings. The molecule has 0 aliphatic heterocycles. The number of carbonyl (C=O) groups is 1. The number of hydrogen-bond donors (Lipinski definition) is 2. The van der Waals surface area contributed by atoms with Crippen LogP contribution in [0.2, 0.25) is 0 Å². The average Bonchev–Trinajstić information content (AvgIpc) is 3.19. The fraction of sp³-hybridized carbons (Fsp3) is 0.160. The zero-order valence-corrected chi connectivity index (χ0v) is 17.1. The molecule has 0 saturated carbocycles. The van der Waals surface area contributed by atoms with E-state index in [0.717, 1.165) is 28.1 Å². The van der Waals surface area contributed by atoms with Crippen molar-refractivity contribution in [1.29, 1.82) is 0 Å². The van der Waals surface area contributed by atoms with Crippen molar-refractivity contribution >= 4 is 16.8 Å². The Morgan fingerprint density at radius 1 is 0.938 bits per heavy atom. The van der Waals surface area contributed by atoms with Crippen molar-refractivity contribution < 1.29 is 23.1 Å². The first-order valence-electron chi connectivity index (χ1n) is 10.1. The summed E-state index contributed by atoms with van der Waals surface area (Å²) in [5, 5.41) is 12.5. The molecule has 0 bridgehead atoms. The number of hydrogen-bond acceptors (Lipinski definition) is 2. The lowest BCUT2D eigenvalue weighted by molar-refractivity contribution is -0.137. The molecular formula is C25H21F3N2O2. The van der Waals surface area contributed by atoms with Crippen molar-refractivity contribution in [2.24, 2.45) is 0 Å². The van der Waals surface area contributed by atoms with Crippen LogP contribution in [0, 0.1) is 0 Å². The number of fused-ring (bicyclic) bond motifs is 1. The molecule has 4 rings (SSSR count). The van der Waals surface area contributed by atoms with E-state index in [4.69, 9.17) is 5.11 Å². The zero-order valence-electron chi connectivity index (χ0n) is 17.1. The van der Waals surface area contributed by atoms with E-state index in [9.17, 15) is 18.0 Å². The molecule has 1 heterocycles. The second-order valence-corrected chi connectivity index (χ2v) is 7.48. The van der Waals surface area contributed by atoms with Crippen molar-refractivity contribution in [1.82, 2.24) is 9.88 Å². The Morgan fingerprint density at radius 2 is 1.72 bits per heavy atom. The molecule has 1 amide bonds. The highest BCUT2D eigenvalue weighted by Crippen LogP contribution is 2.30. The van der Waals surface area contributed by atoms with Crippen LogP contribution in [-0.2, 0) is 12.7 Å². The number of alkyl halides is 3. The zero-order chi connectivity index (χ0) is 22.7. The Labute approximate surface area is 182 Å². The van der Waals surface area contributed by atoms with E-state index < -0.39 is 11.7 Å². The number of aliphatic hydroxyl groups excluding tert-OH is 1. The lowest BCUT2D eigenvalue weighted by atomic mass is 10.0. The minimum absolute atomic E-state index is 0.134. The van der Waals surface area contributed by atoms with Gasteiger partial charge in [-0.2, -0.15) is 13.2 Å². The van der Waals surface area contributed by atoms with E-state index in [2.05, 4.69) is 5.32 Å². The highest BCUT2D eigenvalue weighted by molar-refractivity contribution is 5.96. The van der Waals surface area contributed by atoms with Gasteiger partial charge in [-0.05, 0) is 58.5 Å². The lowest BCUT2D eigenvalue weighted by Crippen LogP contribution is -2.26. The van der Waals surface area contributed by atoms with Crippen molar-refractivity contribution in [3.05, 3.63) is 95.7 Å². The first-order chi connectivity index (χ1) is 15.3. The number of carbonyl (C=O) groups excluding carboxylic acids is 1. The second kappa shape index (κ2) is 8.88. The van der Waals surface area contributed by atoms with E-state index in [0.29, 0.717) is 17.7 Å². The summed E-state index contributed by atoms with van der Waals surface area (Å²) < 4.78 is 41.1. The van der Waals surface area contributed by atoms with Crippen molar-refractivity contribution in [2.45, 2.75) is 12.7 Å². The number of nitrogens with one attached hydrogen (secondary N) is 1. The van der Waals surface area contributed by atoms with Crippen LogP contribution in [0.1, 0.15) is 21.5 Å². The Kier molecular flexibility index (Phi) is 6.01. The summed E-state index contributed by atoms with van der Waals surface area (Å²) in [5.41, 5.74) is 2.99. The molecule has 4 nitrogen and oxygen atoms in total. The lowest BCUT2D eigenvalue weighted by Gasteiger charge is -2.11. The van der Waals surface area contributed by atoms with Crippen LogP contribution in [0.3, 0.4) is 0 Å². The molecule has 4 aromatic rings. The molecule has 0 radical (unpaired) electrons. The van der Waals surface area contributed by atoms with Gasteiger partial charge >= 0.3 is 6.18 Å². The number of halogens is 3. The molecule has 1 aromatic heterocycles. The normalized spacial score (nSPS) is 11.6. The Hall–Kier alpha value is -3.58. The average molecular weight is 438 g/mol. The fourth-order valence-electron chi connectivity index (χ4n) is 3.66. The van der Waals surface area contributed by atoms with Gasteiger partial charge in [-0.15, -0.1) is 0 Å². The maximum Gasteiger partial charge on any atom is 0.416 e. The van der Waals surface area contributed by atoms with Crippen LogP contribution in [0.15, 0.2) is 79.0 Å². The van der Waals surface area contributed by atoms with Gasteiger partial charge in [0.25, 0.3) is 5.91 Å². The van der Waals surface area contributed by atoms with Gasteiger partial charge in [0.1, 0.15) is 0 Å². The Balaban J connectivity index is 1.65. The van der Waals surface area contributed by atoms with E-state index in [1.165, 1.54) is 12.1 Å². The van der Waals surface area contributed by atoms with Crippen LogP contribution in [0.4, 0.5) is 13.2 Å². The molecule has 2 N–H and O–H groups in total. The predicted molar refractivity (Wildman–Crippen MR) is 117 cm³/mol. The summed E-state index contributed by atoms with van der Waals surface area (Å²) in [4.78, 5) is 12.2. The monoisotopic (exact) mass is 438 g/mol. The molecule has 0 unspecified atom stereocenters. The Bertz CT molecular complexity index is 1260. The van der Waals surface area contributed by atoms with Crippen LogP contribution in [0.5, 0.6) is 0 Å². The topological polar surface area (TPSA) is 54.3 Å². The van der Waals surface area contributed by atoms with Crippen molar-refractivity contribution in [3.63, 3.8) is 0 Å². The van der Waals surface area contributed by atoms with Gasteiger partial charge in [-0.3, -0.25) is 4.79 Å². The first-order valence-corrected chi connectivity index (χ1v) is 10.1. The van der Waals surface area contributed by atoms with E-state index in [-0.39, 0.29) is 19.1 Å². The molecule has 7 heteroatoms. The summed E-state index contributed by atoms with van der Waals surface area (Å²) in [6.07, 6.45) is -2.52. The molecular weight excluding hydrogens is 417 g/mol. The van der Waals surface area contributed by atoms with Gasteiger partial charge < -0.3 is 15.0 Å². The molecule has 0 fully saturated rings. The van der Waals surface area contributed by atoms with Crippen molar-refractivity contribution in [3.8, 4) is 11.1 Å². The number of aliphatic hydroxyl groups is 1. The van der Waals surface area contributed by atoms with Gasteiger partial charge in [0.15, 0.2) is 0 Å². The van der Waals surface area contributed by atoms with E-state index in [1.807, 2.05) is 41.1 Å². The van der Waals surface area contributed by atoms with Gasteiger partial charge in [0.2, 0.25) is 0 Å². The standard InChI is InChI=1S/C25H21F3N2O2/c26-25(27,28)22-6-1-3-17(13-22)16-30-11-9-18-7-8-20(15-23(18)30)19-4-2-5-21(14-19)24(32)29-10-12-31/h1-9,11,13-15,31H,10,12,16H2,(H,29,32). The van der Waals surface area contributed by atoms with Gasteiger partial charge in [0, 0.05) is 30.4 Å². The summed E-state index contributed by atoms with van der Waals surface area (Å²) in [5.74, 6) is -0.269. The molecule has 164 valence electrons. The highest BCUT2D eigenvalue weighted by atomic mass is 19.4. The minimum Gasteiger partial charge on any atom is -0.395 e. The van der Waals surface area contributed by atoms with E-state index >= 15 is 0 Å². The molecule has 32 heavy (non-hydrogen) atoms. The van der Waals surface area contributed by atoms with Gasteiger partial charge in [-0.1, -0.05) is 36.4 Å². The van der Waals surface area contributed by atoms with Gasteiger partial charge in [-0.25, -0.2) is 0 Å². The summed E-state index contributed by atoms with van der Waals surface area (Å²) >= 11 is 0. The molecule has 0 saturated heterocycles. The van der Waals surface area contributed by atoms with Crippen LogP contribution >= 0.6 is 0 Å².